The van der Waals surface area contributed by atoms with Gasteiger partial charge in [-0.15, -0.1) is 0 Å². The highest BCUT2D eigenvalue weighted by molar-refractivity contribution is 6.06. The third-order valence-corrected chi connectivity index (χ3v) is 4.53. The maximum atomic E-state index is 10.9. The highest BCUT2D eigenvalue weighted by Gasteiger charge is 2.15. The molecule has 2 N–H and O–H groups in total. The van der Waals surface area contributed by atoms with Gasteiger partial charge in [-0.05, 0) is 12.1 Å². The maximum absolute atomic E-state index is 10.9. The second kappa shape index (κ2) is 7.00. The molecule has 2 aromatic heterocycles. The van der Waals surface area contributed by atoms with Crippen LogP contribution in [0, 0.1) is 22.0 Å². The van der Waals surface area contributed by atoms with Crippen molar-refractivity contribution in [1.82, 2.24) is 14.5 Å². The van der Waals surface area contributed by atoms with Gasteiger partial charge in [0.25, 0.3) is 5.69 Å². The van der Waals surface area contributed by atoms with Gasteiger partial charge in [0.15, 0.2) is 5.82 Å². The van der Waals surface area contributed by atoms with Crippen LogP contribution in [0.4, 0.5) is 11.5 Å². The fourth-order valence-corrected chi connectivity index (χ4v) is 3.26. The number of pyridine rings is 1. The fraction of sp³-hybridized carbons (Fsp3) is 0.143. The minimum atomic E-state index is -0.425. The number of nitrogens with zero attached hydrogens (tertiary/aromatic N) is 4. The van der Waals surface area contributed by atoms with Crippen molar-refractivity contribution in [2.45, 2.75) is 19.9 Å². The Labute approximate surface area is 161 Å². The van der Waals surface area contributed by atoms with E-state index in [-0.39, 0.29) is 5.69 Å². The van der Waals surface area contributed by atoms with Gasteiger partial charge in [-0.3, -0.25) is 10.1 Å². The van der Waals surface area contributed by atoms with E-state index < -0.39 is 4.92 Å². The number of imidazole rings is 1. The zero-order chi connectivity index (χ0) is 19.7. The summed E-state index contributed by atoms with van der Waals surface area (Å²) in [6.07, 6.45) is 0.723. The summed E-state index contributed by atoms with van der Waals surface area (Å²) in [4.78, 5) is 19.6. The SMILES string of the molecule is CCc1nc2c(N)nc3ccccc3c2n1CC#Cc1cccc([N+](=O)[O-])c1. The number of nitro groups is 1. The minimum Gasteiger partial charge on any atom is -0.382 e. The van der Waals surface area contributed by atoms with Crippen LogP contribution in [-0.2, 0) is 13.0 Å². The van der Waals surface area contributed by atoms with Crippen molar-refractivity contribution in [3.8, 4) is 11.8 Å². The molecule has 0 aliphatic carbocycles. The lowest BCUT2D eigenvalue weighted by Crippen LogP contribution is -2.02. The first-order chi connectivity index (χ1) is 13.6. The van der Waals surface area contributed by atoms with Gasteiger partial charge < -0.3 is 10.3 Å². The molecule has 7 heteroatoms. The summed E-state index contributed by atoms with van der Waals surface area (Å²) in [7, 11) is 0. The smallest absolute Gasteiger partial charge is 0.270 e. The van der Waals surface area contributed by atoms with Gasteiger partial charge in [-0.25, -0.2) is 9.97 Å². The monoisotopic (exact) mass is 371 g/mol. The maximum Gasteiger partial charge on any atom is 0.270 e. The summed E-state index contributed by atoms with van der Waals surface area (Å²) in [5.74, 6) is 7.38. The highest BCUT2D eigenvalue weighted by Crippen LogP contribution is 2.28. The molecule has 7 nitrogen and oxygen atoms in total. The van der Waals surface area contributed by atoms with Gasteiger partial charge in [0.2, 0.25) is 0 Å². The first-order valence-electron chi connectivity index (χ1n) is 8.85. The van der Waals surface area contributed by atoms with Crippen molar-refractivity contribution >= 4 is 33.4 Å². The first kappa shape index (κ1) is 17.5. The molecular weight excluding hydrogens is 354 g/mol. The van der Waals surface area contributed by atoms with Crippen LogP contribution in [0.2, 0.25) is 0 Å². The number of nitrogens with two attached hydrogens (primary N) is 1. The Morgan fingerprint density at radius 2 is 2.00 bits per heavy atom. The number of aryl methyl sites for hydroxylation is 1. The Bertz CT molecular complexity index is 1280. The van der Waals surface area contributed by atoms with Gasteiger partial charge in [-0.1, -0.05) is 43.0 Å². The number of nitro benzene ring substituents is 1. The molecule has 4 aromatic rings. The molecule has 0 saturated carbocycles. The normalized spacial score (nSPS) is 10.8. The number of rotatable bonds is 3. The molecule has 2 aromatic carbocycles. The summed E-state index contributed by atoms with van der Waals surface area (Å²) in [5.41, 5.74) is 9.16. The highest BCUT2D eigenvalue weighted by atomic mass is 16.6. The number of fused-ring (bicyclic) bond motifs is 3. The molecule has 0 bridgehead atoms. The average Bonchev–Trinajstić information content (AvgIpc) is 3.08. The number of aromatic nitrogens is 3. The first-order valence-corrected chi connectivity index (χ1v) is 8.85. The zero-order valence-corrected chi connectivity index (χ0v) is 15.2. The molecule has 0 radical (unpaired) electrons. The standard InChI is InChI=1S/C21H17N5O2/c1-2-18-24-19-20(16-10-3-4-11-17(16)23-21(19)22)25(18)12-6-8-14-7-5-9-15(13-14)26(27)28/h3-5,7,9-11,13H,2,12H2,1H3,(H2,22,23). The largest absolute Gasteiger partial charge is 0.382 e. The van der Waals surface area contributed by atoms with E-state index in [1.165, 1.54) is 12.1 Å². The van der Waals surface area contributed by atoms with Crippen LogP contribution in [0.5, 0.6) is 0 Å². The number of hydrogen-bond acceptors (Lipinski definition) is 5. The van der Waals surface area contributed by atoms with E-state index in [2.05, 4.69) is 21.8 Å². The van der Waals surface area contributed by atoms with Crippen LogP contribution in [0.3, 0.4) is 0 Å². The van der Waals surface area contributed by atoms with Crippen LogP contribution in [0.25, 0.3) is 21.9 Å². The Hall–Kier alpha value is -3.92. The van der Waals surface area contributed by atoms with E-state index in [1.807, 2.05) is 35.8 Å². The molecule has 0 atom stereocenters. The summed E-state index contributed by atoms with van der Waals surface area (Å²) < 4.78 is 2.04. The summed E-state index contributed by atoms with van der Waals surface area (Å²) >= 11 is 0. The molecule has 0 spiro atoms. The molecular formula is C21H17N5O2. The number of hydrogen-bond donors (Lipinski definition) is 1. The molecule has 2 heterocycles. The number of non-ortho nitro benzene ring substituents is 1. The van der Waals surface area contributed by atoms with Crippen molar-refractivity contribution in [1.29, 1.82) is 0 Å². The second-order valence-electron chi connectivity index (χ2n) is 6.29. The fourth-order valence-electron chi connectivity index (χ4n) is 3.26. The molecule has 0 saturated heterocycles. The van der Waals surface area contributed by atoms with Crippen LogP contribution in [0.15, 0.2) is 48.5 Å². The molecule has 0 amide bonds. The van der Waals surface area contributed by atoms with Crippen molar-refractivity contribution in [2.24, 2.45) is 0 Å². The number of benzene rings is 2. The topological polar surface area (TPSA) is 99.9 Å². The van der Waals surface area contributed by atoms with Crippen molar-refractivity contribution in [2.75, 3.05) is 5.73 Å². The van der Waals surface area contributed by atoms with E-state index in [9.17, 15) is 10.1 Å². The van der Waals surface area contributed by atoms with E-state index in [4.69, 9.17) is 5.73 Å². The van der Waals surface area contributed by atoms with Crippen LogP contribution in [-0.4, -0.2) is 19.5 Å². The number of anilines is 1. The van der Waals surface area contributed by atoms with Crippen molar-refractivity contribution < 1.29 is 4.92 Å². The van der Waals surface area contributed by atoms with Crippen LogP contribution >= 0.6 is 0 Å². The molecule has 0 unspecified atom stereocenters. The minimum absolute atomic E-state index is 0.0268. The predicted molar refractivity (Wildman–Crippen MR) is 109 cm³/mol. The summed E-state index contributed by atoms with van der Waals surface area (Å²) in [6, 6.07) is 14.1. The van der Waals surface area contributed by atoms with Crippen molar-refractivity contribution in [3.63, 3.8) is 0 Å². The average molecular weight is 371 g/mol. The quantitative estimate of drug-likeness (QED) is 0.336. The molecule has 0 aliphatic heterocycles. The second-order valence-corrected chi connectivity index (χ2v) is 6.29. The summed E-state index contributed by atoms with van der Waals surface area (Å²) in [6.45, 7) is 2.42. The third-order valence-electron chi connectivity index (χ3n) is 4.53. The van der Waals surface area contributed by atoms with Gasteiger partial charge in [-0.2, -0.15) is 0 Å². The van der Waals surface area contributed by atoms with Crippen LogP contribution < -0.4 is 5.73 Å². The van der Waals surface area contributed by atoms with E-state index >= 15 is 0 Å². The van der Waals surface area contributed by atoms with E-state index in [0.29, 0.717) is 23.4 Å². The third kappa shape index (κ3) is 3.01. The van der Waals surface area contributed by atoms with Gasteiger partial charge >= 0.3 is 0 Å². The Balaban J connectivity index is 1.81. The zero-order valence-electron chi connectivity index (χ0n) is 15.2. The number of nitrogen functional groups attached to an aromatic ring is 1. The molecule has 28 heavy (non-hydrogen) atoms. The lowest BCUT2D eigenvalue weighted by molar-refractivity contribution is -0.384. The number of para-hydroxylation sites is 1. The molecule has 0 fully saturated rings. The van der Waals surface area contributed by atoms with Gasteiger partial charge in [0.1, 0.15) is 11.3 Å². The molecule has 4 rings (SSSR count). The lowest BCUT2D eigenvalue weighted by Gasteiger charge is -2.06. The Morgan fingerprint density at radius 3 is 2.79 bits per heavy atom. The van der Waals surface area contributed by atoms with Crippen molar-refractivity contribution in [3.05, 3.63) is 70.0 Å². The van der Waals surface area contributed by atoms with Crippen LogP contribution in [0.1, 0.15) is 18.3 Å². The molecule has 138 valence electrons. The Kier molecular flexibility index (Phi) is 4.38. The van der Waals surface area contributed by atoms with E-state index in [1.54, 1.807) is 12.1 Å². The predicted octanol–water partition coefficient (Wildman–Crippen LogP) is 3.69. The Morgan fingerprint density at radius 1 is 1.18 bits per heavy atom. The van der Waals surface area contributed by atoms with Gasteiger partial charge in [0, 0.05) is 29.5 Å². The van der Waals surface area contributed by atoms with E-state index in [0.717, 1.165) is 28.7 Å². The van der Waals surface area contributed by atoms with Gasteiger partial charge in [0.05, 0.1) is 22.5 Å². The lowest BCUT2D eigenvalue weighted by atomic mass is 10.2. The summed E-state index contributed by atoms with van der Waals surface area (Å²) in [5, 5.41) is 11.9. The molecule has 0 aliphatic rings.